The van der Waals surface area contributed by atoms with E-state index in [-0.39, 0.29) is 10.7 Å². The molecule has 1 fully saturated rings. The van der Waals surface area contributed by atoms with Crippen LogP contribution in [0.4, 0.5) is 5.69 Å². The van der Waals surface area contributed by atoms with Gasteiger partial charge in [-0.15, -0.1) is 0 Å². The fraction of sp³-hybridized carbons (Fsp3) is 0.200. The predicted octanol–water partition coefficient (Wildman–Crippen LogP) is 3.74. The van der Waals surface area contributed by atoms with Crippen molar-refractivity contribution in [2.24, 2.45) is 0 Å². The van der Waals surface area contributed by atoms with Crippen molar-refractivity contribution in [2.45, 2.75) is 26.4 Å². The van der Waals surface area contributed by atoms with Crippen molar-refractivity contribution >= 4 is 52.5 Å². The number of pyridine rings is 1. The van der Waals surface area contributed by atoms with Gasteiger partial charge >= 0.3 is 0 Å². The molecular formula is C20H18ClN3O3S. The average Bonchev–Trinajstić information content (AvgIpc) is 2.59. The Labute approximate surface area is 173 Å². The Morgan fingerprint density at radius 3 is 2.46 bits per heavy atom. The monoisotopic (exact) mass is 415 g/mol. The molecule has 28 heavy (non-hydrogen) atoms. The van der Waals surface area contributed by atoms with Gasteiger partial charge in [0.2, 0.25) is 5.88 Å². The van der Waals surface area contributed by atoms with E-state index < -0.39 is 17.4 Å². The molecule has 0 radical (unpaired) electrons. The highest BCUT2D eigenvalue weighted by Crippen LogP contribution is 2.24. The first-order chi connectivity index (χ1) is 13.1. The van der Waals surface area contributed by atoms with E-state index in [0.29, 0.717) is 22.3 Å². The summed E-state index contributed by atoms with van der Waals surface area (Å²) in [5.41, 5.74) is 0.421. The molecule has 144 valence electrons. The molecule has 6 nitrogen and oxygen atoms in total. The highest BCUT2D eigenvalue weighted by molar-refractivity contribution is 7.80. The summed E-state index contributed by atoms with van der Waals surface area (Å²) in [6.45, 7) is 5.72. The predicted molar refractivity (Wildman–Crippen MR) is 112 cm³/mol. The maximum atomic E-state index is 13.0. The number of rotatable bonds is 3. The summed E-state index contributed by atoms with van der Waals surface area (Å²) in [6.07, 6.45) is 1.41. The zero-order valence-electron chi connectivity index (χ0n) is 15.5. The van der Waals surface area contributed by atoms with Crippen LogP contribution in [0, 0.1) is 0 Å². The summed E-state index contributed by atoms with van der Waals surface area (Å²) >= 11 is 11.1. The molecule has 0 spiro atoms. The number of anilines is 1. The van der Waals surface area contributed by atoms with Crippen LogP contribution in [0.5, 0.6) is 5.88 Å². The van der Waals surface area contributed by atoms with Gasteiger partial charge in [-0.1, -0.05) is 17.7 Å². The highest BCUT2D eigenvalue weighted by atomic mass is 35.5. The minimum absolute atomic E-state index is 0.00671. The molecule has 2 aromatic rings. The molecule has 0 aliphatic carbocycles. The summed E-state index contributed by atoms with van der Waals surface area (Å²) in [6, 6.07) is 11.7. The fourth-order valence-corrected chi connectivity index (χ4v) is 2.92. The van der Waals surface area contributed by atoms with Gasteiger partial charge in [0.05, 0.1) is 11.4 Å². The minimum Gasteiger partial charge on any atom is -0.472 e. The van der Waals surface area contributed by atoms with Crippen LogP contribution < -0.4 is 15.0 Å². The van der Waals surface area contributed by atoms with Gasteiger partial charge in [0.25, 0.3) is 11.8 Å². The Hall–Kier alpha value is -2.77. The summed E-state index contributed by atoms with van der Waals surface area (Å²) in [5, 5.41) is 3.07. The first kappa shape index (κ1) is 20.0. The third-order valence-electron chi connectivity index (χ3n) is 3.63. The van der Waals surface area contributed by atoms with E-state index in [1.807, 2.05) is 20.8 Å². The Morgan fingerprint density at radius 1 is 1.14 bits per heavy atom. The van der Waals surface area contributed by atoms with Crippen LogP contribution in [0.2, 0.25) is 5.02 Å². The van der Waals surface area contributed by atoms with E-state index in [0.717, 1.165) is 0 Å². The van der Waals surface area contributed by atoms with Crippen LogP contribution >= 0.6 is 23.8 Å². The number of aromatic nitrogens is 1. The summed E-state index contributed by atoms with van der Waals surface area (Å²) < 4.78 is 5.73. The lowest BCUT2D eigenvalue weighted by Crippen LogP contribution is -2.54. The largest absolute Gasteiger partial charge is 0.472 e. The molecule has 1 aromatic heterocycles. The van der Waals surface area contributed by atoms with E-state index >= 15 is 0 Å². The summed E-state index contributed by atoms with van der Waals surface area (Å²) in [7, 11) is 0. The number of nitrogens with one attached hydrogen (secondary N) is 1. The lowest BCUT2D eigenvalue weighted by Gasteiger charge is -2.28. The second-order valence-corrected chi connectivity index (χ2v) is 7.87. The van der Waals surface area contributed by atoms with Crippen LogP contribution in [-0.2, 0) is 9.59 Å². The third kappa shape index (κ3) is 4.55. The van der Waals surface area contributed by atoms with Gasteiger partial charge in [0.1, 0.15) is 11.2 Å². The van der Waals surface area contributed by atoms with Gasteiger partial charge in [-0.2, -0.15) is 0 Å². The summed E-state index contributed by atoms with van der Waals surface area (Å²) in [4.78, 5) is 30.9. The van der Waals surface area contributed by atoms with E-state index in [1.54, 1.807) is 42.5 Å². The first-order valence-electron chi connectivity index (χ1n) is 8.47. The van der Waals surface area contributed by atoms with Crippen molar-refractivity contribution in [2.75, 3.05) is 4.90 Å². The molecule has 0 atom stereocenters. The van der Waals surface area contributed by atoms with E-state index in [4.69, 9.17) is 28.6 Å². The number of nitrogens with zero attached hydrogens (tertiary/aromatic N) is 2. The van der Waals surface area contributed by atoms with E-state index in [9.17, 15) is 9.59 Å². The molecular weight excluding hydrogens is 398 g/mol. The van der Waals surface area contributed by atoms with Gasteiger partial charge in [-0.25, -0.2) is 4.98 Å². The van der Waals surface area contributed by atoms with Gasteiger partial charge in [-0.3, -0.25) is 19.8 Å². The van der Waals surface area contributed by atoms with Crippen LogP contribution in [0.1, 0.15) is 26.5 Å². The lowest BCUT2D eigenvalue weighted by atomic mass is 10.1. The number of hydrogen-bond donors (Lipinski definition) is 1. The smallest absolute Gasteiger partial charge is 0.270 e. The lowest BCUT2D eigenvalue weighted by molar-refractivity contribution is -0.122. The minimum atomic E-state index is -0.579. The molecule has 2 amide bonds. The molecule has 8 heteroatoms. The van der Waals surface area contributed by atoms with Crippen molar-refractivity contribution in [3.63, 3.8) is 0 Å². The second kappa shape index (κ2) is 7.69. The quantitative estimate of drug-likeness (QED) is 0.469. The van der Waals surface area contributed by atoms with Crippen molar-refractivity contribution in [3.8, 4) is 5.88 Å². The molecule has 1 aliphatic rings. The van der Waals surface area contributed by atoms with Crippen LogP contribution in [-0.4, -0.2) is 27.5 Å². The zero-order valence-corrected chi connectivity index (χ0v) is 17.1. The number of carbonyl (C=O) groups excluding carboxylic acids is 2. The maximum absolute atomic E-state index is 13.0. The van der Waals surface area contributed by atoms with E-state index in [1.165, 1.54) is 11.0 Å². The Bertz CT molecular complexity index is 981. The average molecular weight is 416 g/mol. The number of carbonyl (C=O) groups is 2. The molecule has 1 saturated heterocycles. The van der Waals surface area contributed by atoms with Gasteiger partial charge in [0.15, 0.2) is 5.11 Å². The van der Waals surface area contributed by atoms with Crippen LogP contribution in [0.25, 0.3) is 6.08 Å². The normalized spacial score (nSPS) is 16.4. The molecule has 0 bridgehead atoms. The number of hydrogen-bond acceptors (Lipinski definition) is 5. The molecule has 0 unspecified atom stereocenters. The zero-order chi connectivity index (χ0) is 20.5. The fourth-order valence-electron chi connectivity index (χ4n) is 2.51. The number of thiocarbonyl (C=S) groups is 1. The van der Waals surface area contributed by atoms with Crippen molar-refractivity contribution < 1.29 is 14.3 Å². The van der Waals surface area contributed by atoms with Gasteiger partial charge in [-0.05, 0) is 69.4 Å². The first-order valence-corrected chi connectivity index (χ1v) is 9.26. The molecule has 1 N–H and O–H groups in total. The number of ether oxygens (including phenoxy) is 1. The highest BCUT2D eigenvalue weighted by Gasteiger charge is 2.34. The second-order valence-electron chi connectivity index (χ2n) is 7.05. The SMILES string of the molecule is CC(C)(C)Oc1cccc(C=C2C(=O)NC(=S)N(c3ccc(Cl)cc3)C2=O)n1. The van der Waals surface area contributed by atoms with Crippen LogP contribution in [0.3, 0.4) is 0 Å². The third-order valence-corrected chi connectivity index (χ3v) is 4.17. The Balaban J connectivity index is 1.95. The molecule has 0 saturated carbocycles. The molecule has 2 heterocycles. The summed E-state index contributed by atoms with van der Waals surface area (Å²) in [5.74, 6) is -0.722. The number of benzene rings is 1. The van der Waals surface area contributed by atoms with Crippen LogP contribution in [0.15, 0.2) is 48.0 Å². The topological polar surface area (TPSA) is 71.5 Å². The Morgan fingerprint density at radius 2 is 1.82 bits per heavy atom. The molecule has 3 rings (SSSR count). The molecule has 1 aliphatic heterocycles. The van der Waals surface area contributed by atoms with Gasteiger partial charge < -0.3 is 4.74 Å². The Kier molecular flexibility index (Phi) is 5.49. The van der Waals surface area contributed by atoms with Crippen molar-refractivity contribution in [1.29, 1.82) is 0 Å². The van der Waals surface area contributed by atoms with Crippen molar-refractivity contribution in [3.05, 3.63) is 58.8 Å². The molecule has 1 aromatic carbocycles. The van der Waals surface area contributed by atoms with Gasteiger partial charge in [0, 0.05) is 11.1 Å². The number of amides is 2. The maximum Gasteiger partial charge on any atom is 0.270 e. The standard InChI is InChI=1S/C20H18ClN3O3S/c1-20(2,3)27-16-6-4-5-13(22-16)11-15-17(25)23-19(28)24(18(15)26)14-9-7-12(21)8-10-14/h4-11H,1-3H3,(H,23,25,28). The number of halogens is 1. The van der Waals surface area contributed by atoms with Crippen molar-refractivity contribution in [1.82, 2.24) is 10.3 Å². The van der Waals surface area contributed by atoms with E-state index in [2.05, 4.69) is 10.3 Å².